The standard InChI is InChI=1S/C24H30N2O2S/c1-3-4-8-21(22-11-13-23(28-2)14-12-22)9-5-10-24(27)26-16-17-29-19-20-7-6-15-25-18-20/h5-7,9-15,18H,3-4,8,16-17,19H2,1-2H3,(H,26,27)/b10-5+,21-9+. The first kappa shape index (κ1) is 22.8. The molecule has 29 heavy (non-hydrogen) atoms. The summed E-state index contributed by atoms with van der Waals surface area (Å²) in [6.45, 7) is 2.83. The van der Waals surface area contributed by atoms with Crippen LogP contribution in [0.3, 0.4) is 0 Å². The third-order valence-electron chi connectivity index (χ3n) is 4.34. The molecule has 0 aliphatic rings. The number of unbranched alkanes of at least 4 members (excludes halogenated alkanes) is 1. The summed E-state index contributed by atoms with van der Waals surface area (Å²) < 4.78 is 5.23. The molecule has 0 saturated carbocycles. The Labute approximate surface area is 178 Å². The van der Waals surface area contributed by atoms with Crippen LogP contribution in [0, 0.1) is 0 Å². The van der Waals surface area contributed by atoms with E-state index in [-0.39, 0.29) is 5.91 Å². The molecule has 0 spiro atoms. The van der Waals surface area contributed by atoms with E-state index in [2.05, 4.69) is 35.4 Å². The molecule has 1 aromatic carbocycles. The largest absolute Gasteiger partial charge is 0.497 e. The lowest BCUT2D eigenvalue weighted by Gasteiger charge is -2.08. The van der Waals surface area contributed by atoms with Crippen LogP contribution in [0.1, 0.15) is 37.3 Å². The van der Waals surface area contributed by atoms with Gasteiger partial charge in [-0.15, -0.1) is 0 Å². The van der Waals surface area contributed by atoms with E-state index in [0.717, 1.165) is 42.1 Å². The van der Waals surface area contributed by atoms with Crippen LogP contribution in [0.5, 0.6) is 5.75 Å². The molecule has 0 unspecified atom stereocenters. The van der Waals surface area contributed by atoms with Crippen LogP contribution in [0.25, 0.3) is 5.57 Å². The maximum Gasteiger partial charge on any atom is 0.244 e. The number of pyridine rings is 1. The lowest BCUT2D eigenvalue weighted by molar-refractivity contribution is -0.116. The number of methoxy groups -OCH3 is 1. The maximum absolute atomic E-state index is 12.0. The van der Waals surface area contributed by atoms with Gasteiger partial charge in [0, 0.05) is 36.5 Å². The van der Waals surface area contributed by atoms with Gasteiger partial charge in [0.2, 0.25) is 5.91 Å². The van der Waals surface area contributed by atoms with Crippen LogP contribution < -0.4 is 10.1 Å². The first-order chi connectivity index (χ1) is 14.2. The highest BCUT2D eigenvalue weighted by Crippen LogP contribution is 2.23. The number of nitrogens with zero attached hydrogens (tertiary/aromatic N) is 1. The van der Waals surface area contributed by atoms with Crippen molar-refractivity contribution in [2.24, 2.45) is 0 Å². The highest BCUT2D eigenvalue weighted by Gasteiger charge is 2.02. The SMILES string of the molecule is CCCC/C(=C\C=C\C(=O)NCCSCc1cccnc1)c1ccc(OC)cc1. The number of hydrogen-bond acceptors (Lipinski definition) is 4. The molecule has 0 aliphatic carbocycles. The number of nitrogens with one attached hydrogen (secondary N) is 1. The minimum absolute atomic E-state index is 0.0622. The summed E-state index contributed by atoms with van der Waals surface area (Å²) in [6, 6.07) is 12.1. The van der Waals surface area contributed by atoms with Gasteiger partial charge in [0.25, 0.3) is 0 Å². The van der Waals surface area contributed by atoms with E-state index in [1.54, 1.807) is 31.1 Å². The lowest BCUT2D eigenvalue weighted by Crippen LogP contribution is -2.23. The molecule has 0 bridgehead atoms. The molecule has 2 aromatic rings. The van der Waals surface area contributed by atoms with Gasteiger partial charge < -0.3 is 10.1 Å². The number of ether oxygens (including phenoxy) is 1. The highest BCUT2D eigenvalue weighted by atomic mass is 32.2. The fourth-order valence-electron chi connectivity index (χ4n) is 2.73. The Morgan fingerprint density at radius 3 is 2.76 bits per heavy atom. The van der Waals surface area contributed by atoms with Crippen molar-refractivity contribution in [3.63, 3.8) is 0 Å². The Bertz CT molecular complexity index is 786. The number of aromatic nitrogens is 1. The minimum atomic E-state index is -0.0622. The number of thioether (sulfide) groups is 1. The van der Waals surface area contributed by atoms with E-state index in [0.29, 0.717) is 6.54 Å². The zero-order valence-electron chi connectivity index (χ0n) is 17.3. The van der Waals surface area contributed by atoms with E-state index in [4.69, 9.17) is 4.74 Å². The first-order valence-corrected chi connectivity index (χ1v) is 11.1. The monoisotopic (exact) mass is 410 g/mol. The average Bonchev–Trinajstić information content (AvgIpc) is 2.76. The maximum atomic E-state index is 12.0. The van der Waals surface area contributed by atoms with Gasteiger partial charge in [-0.25, -0.2) is 0 Å². The molecule has 4 nitrogen and oxygen atoms in total. The zero-order valence-corrected chi connectivity index (χ0v) is 18.1. The number of benzene rings is 1. The van der Waals surface area contributed by atoms with Gasteiger partial charge in [0.05, 0.1) is 7.11 Å². The van der Waals surface area contributed by atoms with Gasteiger partial charge in [-0.2, -0.15) is 11.8 Å². The van der Waals surface area contributed by atoms with Crippen molar-refractivity contribution in [2.75, 3.05) is 19.4 Å². The van der Waals surface area contributed by atoms with Gasteiger partial charge in [-0.3, -0.25) is 9.78 Å². The van der Waals surface area contributed by atoms with Gasteiger partial charge in [0.15, 0.2) is 0 Å². The van der Waals surface area contributed by atoms with Crippen molar-refractivity contribution >= 4 is 23.2 Å². The number of hydrogen-bond donors (Lipinski definition) is 1. The van der Waals surface area contributed by atoms with Gasteiger partial charge in [0.1, 0.15) is 5.75 Å². The topological polar surface area (TPSA) is 51.2 Å². The quantitative estimate of drug-likeness (QED) is 0.294. The Morgan fingerprint density at radius 1 is 1.24 bits per heavy atom. The third-order valence-corrected chi connectivity index (χ3v) is 5.37. The summed E-state index contributed by atoms with van der Waals surface area (Å²) in [5, 5.41) is 2.93. The van der Waals surface area contributed by atoms with Gasteiger partial charge >= 0.3 is 0 Å². The van der Waals surface area contributed by atoms with E-state index >= 15 is 0 Å². The highest BCUT2D eigenvalue weighted by molar-refractivity contribution is 7.98. The smallest absolute Gasteiger partial charge is 0.244 e. The fraction of sp³-hybridized carbons (Fsp3) is 0.333. The molecule has 1 heterocycles. The molecular weight excluding hydrogens is 380 g/mol. The second kappa shape index (κ2) is 13.6. The average molecular weight is 411 g/mol. The van der Waals surface area contributed by atoms with Gasteiger partial charge in [-0.05, 0) is 47.7 Å². The number of carbonyl (C=O) groups is 1. The first-order valence-electron chi connectivity index (χ1n) is 9.99. The summed E-state index contributed by atoms with van der Waals surface area (Å²) in [5.41, 5.74) is 3.59. The molecule has 0 radical (unpaired) electrons. The van der Waals surface area contributed by atoms with Crippen molar-refractivity contribution in [1.82, 2.24) is 10.3 Å². The summed E-state index contributed by atoms with van der Waals surface area (Å²) in [7, 11) is 1.67. The minimum Gasteiger partial charge on any atom is -0.497 e. The molecule has 1 amide bonds. The van der Waals surface area contributed by atoms with E-state index in [9.17, 15) is 4.79 Å². The summed E-state index contributed by atoms with van der Waals surface area (Å²) in [6.07, 6.45) is 12.4. The summed E-state index contributed by atoms with van der Waals surface area (Å²) in [4.78, 5) is 16.1. The summed E-state index contributed by atoms with van der Waals surface area (Å²) in [5.74, 6) is 2.57. The second-order valence-corrected chi connectivity index (χ2v) is 7.69. The summed E-state index contributed by atoms with van der Waals surface area (Å²) >= 11 is 1.79. The molecule has 5 heteroatoms. The predicted octanol–water partition coefficient (Wildman–Crippen LogP) is 5.27. The van der Waals surface area contributed by atoms with Crippen LogP contribution in [0.2, 0.25) is 0 Å². The lowest BCUT2D eigenvalue weighted by atomic mass is 9.99. The van der Waals surface area contributed by atoms with Gasteiger partial charge in [-0.1, -0.05) is 43.7 Å². The molecule has 0 fully saturated rings. The number of amides is 1. The van der Waals surface area contributed by atoms with Crippen molar-refractivity contribution < 1.29 is 9.53 Å². The molecule has 1 N–H and O–H groups in total. The molecular formula is C24H30N2O2S. The third kappa shape index (κ3) is 9.01. The number of rotatable bonds is 12. The Kier molecular flexibility index (Phi) is 10.7. The van der Waals surface area contributed by atoms with Crippen LogP contribution in [-0.4, -0.2) is 30.3 Å². The molecule has 2 rings (SSSR count). The second-order valence-electron chi connectivity index (χ2n) is 6.59. The van der Waals surface area contributed by atoms with Crippen molar-refractivity contribution in [2.45, 2.75) is 31.9 Å². The predicted molar refractivity (Wildman–Crippen MR) is 123 cm³/mol. The zero-order chi connectivity index (χ0) is 20.7. The van der Waals surface area contributed by atoms with Crippen molar-refractivity contribution in [1.29, 1.82) is 0 Å². The number of carbonyl (C=O) groups excluding carboxylic acids is 1. The molecule has 154 valence electrons. The normalized spacial score (nSPS) is 11.6. The Balaban J connectivity index is 1.79. The van der Waals surface area contributed by atoms with Crippen LogP contribution in [0.15, 0.2) is 67.0 Å². The molecule has 0 aliphatic heterocycles. The van der Waals surface area contributed by atoms with Crippen molar-refractivity contribution in [3.05, 3.63) is 78.1 Å². The molecule has 0 saturated heterocycles. The van der Waals surface area contributed by atoms with E-state index < -0.39 is 0 Å². The molecule has 0 atom stereocenters. The van der Waals surface area contributed by atoms with Crippen LogP contribution >= 0.6 is 11.8 Å². The Hall–Kier alpha value is -2.53. The van der Waals surface area contributed by atoms with E-state index in [1.807, 2.05) is 36.5 Å². The molecule has 1 aromatic heterocycles. The van der Waals surface area contributed by atoms with Crippen molar-refractivity contribution in [3.8, 4) is 5.75 Å². The van der Waals surface area contributed by atoms with Crippen LogP contribution in [-0.2, 0) is 10.5 Å². The fourth-order valence-corrected chi connectivity index (χ4v) is 3.52. The Morgan fingerprint density at radius 2 is 2.07 bits per heavy atom. The number of allylic oxidation sites excluding steroid dienone is 3. The van der Waals surface area contributed by atoms with Crippen LogP contribution in [0.4, 0.5) is 0 Å². The van der Waals surface area contributed by atoms with E-state index in [1.165, 1.54) is 11.1 Å².